The van der Waals surface area contributed by atoms with Crippen LogP contribution in [0, 0.1) is 17.2 Å². The second-order valence-corrected chi connectivity index (χ2v) is 11.8. The van der Waals surface area contributed by atoms with Gasteiger partial charge in [-0.15, -0.1) is 0 Å². The van der Waals surface area contributed by atoms with Gasteiger partial charge in [-0.05, 0) is 93.6 Å². The van der Waals surface area contributed by atoms with E-state index in [9.17, 15) is 27.5 Å². The maximum absolute atomic E-state index is 15.0. The summed E-state index contributed by atoms with van der Waals surface area (Å²) < 4.78 is 55.5. The van der Waals surface area contributed by atoms with E-state index in [4.69, 9.17) is 0 Å². The van der Waals surface area contributed by atoms with E-state index in [2.05, 4.69) is 0 Å². The zero-order chi connectivity index (χ0) is 27.6. The number of likely N-dealkylation sites (tertiary alicyclic amines) is 2. The van der Waals surface area contributed by atoms with E-state index in [1.807, 2.05) is 29.2 Å². The fourth-order valence-corrected chi connectivity index (χ4v) is 6.42. The van der Waals surface area contributed by atoms with Gasteiger partial charge < -0.3 is 14.9 Å². The summed E-state index contributed by atoms with van der Waals surface area (Å²) in [5.74, 6) is -0.205. The molecule has 1 aliphatic carbocycles. The number of hydrogen-bond acceptors (Lipinski definition) is 3. The third-order valence-electron chi connectivity index (χ3n) is 9.15. The van der Waals surface area contributed by atoms with E-state index in [-0.39, 0.29) is 37.4 Å². The number of piperidine rings is 2. The maximum Gasteiger partial charge on any atom is 0.395 e. The minimum Gasteiger partial charge on any atom is -0.391 e. The number of hydrogen-bond donors (Lipinski definition) is 1. The predicted molar refractivity (Wildman–Crippen MR) is 143 cm³/mol. The van der Waals surface area contributed by atoms with Gasteiger partial charge in [0.25, 0.3) is 5.91 Å². The van der Waals surface area contributed by atoms with E-state index in [0.717, 1.165) is 56.3 Å². The number of carbonyl (C=O) groups is 1. The quantitative estimate of drug-likeness (QED) is 0.405. The normalized spacial score (nSPS) is 22.5. The lowest BCUT2D eigenvalue weighted by Gasteiger charge is -2.47. The molecule has 2 aliphatic heterocycles. The summed E-state index contributed by atoms with van der Waals surface area (Å²) in [5, 5.41) is 9.84. The molecule has 0 spiro atoms. The van der Waals surface area contributed by atoms with Gasteiger partial charge in [-0.3, -0.25) is 4.79 Å². The molecule has 212 valence electrons. The van der Waals surface area contributed by atoms with Crippen LogP contribution in [0.5, 0.6) is 0 Å². The Morgan fingerprint density at radius 3 is 2.28 bits per heavy atom. The molecular weight excluding hydrogens is 508 g/mol. The topological polar surface area (TPSA) is 43.8 Å². The Hall–Kier alpha value is -2.45. The maximum atomic E-state index is 15.0. The van der Waals surface area contributed by atoms with Gasteiger partial charge in [-0.2, -0.15) is 13.2 Å². The Balaban J connectivity index is 1.11. The first-order valence-electron chi connectivity index (χ1n) is 14.3. The van der Waals surface area contributed by atoms with E-state index >= 15 is 0 Å². The largest absolute Gasteiger partial charge is 0.395 e. The number of aliphatic hydroxyl groups excluding tert-OH is 1. The van der Waals surface area contributed by atoms with Gasteiger partial charge in [0.15, 0.2) is 0 Å². The number of halogens is 4. The van der Waals surface area contributed by atoms with Crippen LogP contribution in [0.15, 0.2) is 42.5 Å². The van der Waals surface area contributed by atoms with Crippen LogP contribution in [0.3, 0.4) is 0 Å². The van der Waals surface area contributed by atoms with Crippen molar-refractivity contribution in [3.63, 3.8) is 0 Å². The molecule has 1 amide bonds. The summed E-state index contributed by atoms with van der Waals surface area (Å²) in [6.45, 7) is 2.47. The first-order valence-corrected chi connectivity index (χ1v) is 14.3. The van der Waals surface area contributed by atoms with E-state index < -0.39 is 23.5 Å². The summed E-state index contributed by atoms with van der Waals surface area (Å²) in [5.41, 5.74) is 1.14. The molecule has 8 heteroatoms. The first-order chi connectivity index (χ1) is 18.6. The van der Waals surface area contributed by atoms with Crippen molar-refractivity contribution in [1.29, 1.82) is 0 Å². The third kappa shape index (κ3) is 6.32. The molecule has 0 bridgehead atoms. The van der Waals surface area contributed by atoms with Crippen LogP contribution in [0.1, 0.15) is 67.3 Å². The van der Waals surface area contributed by atoms with Crippen molar-refractivity contribution >= 4 is 5.91 Å². The average molecular weight is 547 g/mol. The number of rotatable bonds is 7. The highest BCUT2D eigenvalue weighted by Gasteiger charge is 2.58. The van der Waals surface area contributed by atoms with Crippen LogP contribution < -0.4 is 0 Å². The number of alkyl halides is 3. The molecule has 2 aromatic carbocycles. The number of nitrogens with zero attached hydrogens (tertiary/aromatic N) is 2. The SMILES string of the molecule is O=C(c1ccc(-c2ccc(CCC3CCN(CC4(C(F)(F)F)CCC4)CC3)cc2)c(F)c1)N1CCCC(O)C1. The van der Waals surface area contributed by atoms with Crippen LogP contribution in [0.2, 0.25) is 0 Å². The molecule has 5 rings (SSSR count). The van der Waals surface area contributed by atoms with E-state index in [0.29, 0.717) is 30.9 Å². The predicted octanol–water partition coefficient (Wildman–Crippen LogP) is 6.47. The third-order valence-corrected chi connectivity index (χ3v) is 9.15. The van der Waals surface area contributed by atoms with Crippen LogP contribution in [0.4, 0.5) is 17.6 Å². The van der Waals surface area contributed by atoms with Gasteiger partial charge in [-0.25, -0.2) is 4.39 Å². The highest BCUT2D eigenvalue weighted by atomic mass is 19.4. The lowest BCUT2D eigenvalue weighted by Crippen LogP contribution is -2.53. The molecule has 4 nitrogen and oxygen atoms in total. The molecule has 3 fully saturated rings. The zero-order valence-electron chi connectivity index (χ0n) is 22.4. The van der Waals surface area contributed by atoms with Crippen molar-refractivity contribution in [3.05, 3.63) is 59.4 Å². The van der Waals surface area contributed by atoms with Crippen molar-refractivity contribution in [2.24, 2.45) is 11.3 Å². The second-order valence-electron chi connectivity index (χ2n) is 11.8. The van der Waals surface area contributed by atoms with Crippen LogP contribution >= 0.6 is 0 Å². The molecule has 0 aromatic heterocycles. The Bertz CT molecular complexity index is 1140. The monoisotopic (exact) mass is 546 g/mol. The summed E-state index contributed by atoms with van der Waals surface area (Å²) in [4.78, 5) is 16.3. The number of benzene rings is 2. The minimum absolute atomic E-state index is 0.151. The van der Waals surface area contributed by atoms with E-state index in [1.165, 1.54) is 6.07 Å². The number of β-amino-alcohol motifs (C(OH)–C–C–N with tert-alkyl or cyclic N) is 1. The minimum atomic E-state index is -4.10. The fraction of sp³-hybridized carbons (Fsp3) is 0.581. The van der Waals surface area contributed by atoms with Gasteiger partial charge in [0.1, 0.15) is 5.82 Å². The number of carbonyl (C=O) groups excluding carboxylic acids is 1. The molecule has 1 atom stereocenters. The van der Waals surface area contributed by atoms with Crippen LogP contribution in [-0.4, -0.2) is 65.8 Å². The van der Waals surface area contributed by atoms with Crippen molar-refractivity contribution in [2.45, 2.75) is 70.1 Å². The standard InChI is InChI=1S/C31H38F4N2O2/c32-28-19-25(29(39)37-16-1-3-26(38)20-37)10-11-27(28)24-8-6-22(7-9-24)4-5-23-12-17-36(18-13-23)21-30(14-2-15-30)31(33,34)35/h6-11,19,23,26,38H,1-5,12-18,20-21H2. The molecule has 1 saturated carbocycles. The van der Waals surface area contributed by atoms with Crippen LogP contribution in [-0.2, 0) is 6.42 Å². The molecule has 2 saturated heterocycles. The summed E-state index contributed by atoms with van der Waals surface area (Å²) in [7, 11) is 0. The van der Waals surface area contributed by atoms with Gasteiger partial charge >= 0.3 is 6.18 Å². The van der Waals surface area contributed by atoms with Crippen LogP contribution in [0.25, 0.3) is 11.1 Å². The van der Waals surface area contributed by atoms with Crippen molar-refractivity contribution in [2.75, 3.05) is 32.7 Å². The fourth-order valence-electron chi connectivity index (χ4n) is 6.42. The Morgan fingerprint density at radius 1 is 0.974 bits per heavy atom. The Kier molecular flexibility index (Phi) is 8.34. The molecule has 1 N–H and O–H groups in total. The molecular formula is C31H38F4N2O2. The lowest BCUT2D eigenvalue weighted by atomic mass is 9.67. The zero-order valence-corrected chi connectivity index (χ0v) is 22.4. The molecule has 2 heterocycles. The van der Waals surface area contributed by atoms with Gasteiger partial charge in [-0.1, -0.05) is 36.8 Å². The molecule has 39 heavy (non-hydrogen) atoms. The Labute approximate surface area is 228 Å². The number of aliphatic hydroxyl groups is 1. The van der Waals surface area contributed by atoms with Crippen molar-refractivity contribution in [3.8, 4) is 11.1 Å². The summed E-state index contributed by atoms with van der Waals surface area (Å²) in [6, 6.07) is 12.4. The number of aryl methyl sites for hydroxylation is 1. The smallest absolute Gasteiger partial charge is 0.391 e. The molecule has 1 unspecified atom stereocenters. The molecule has 0 radical (unpaired) electrons. The van der Waals surface area contributed by atoms with E-state index in [1.54, 1.807) is 17.0 Å². The summed E-state index contributed by atoms with van der Waals surface area (Å²) in [6.07, 6.45) is 1.73. The lowest BCUT2D eigenvalue weighted by molar-refractivity contribution is -0.256. The second kappa shape index (κ2) is 11.6. The van der Waals surface area contributed by atoms with Crippen molar-refractivity contribution < 1.29 is 27.5 Å². The number of amides is 1. The summed E-state index contributed by atoms with van der Waals surface area (Å²) >= 11 is 0. The average Bonchev–Trinajstić information content (AvgIpc) is 2.89. The highest BCUT2D eigenvalue weighted by Crippen LogP contribution is 2.53. The highest BCUT2D eigenvalue weighted by molar-refractivity contribution is 5.95. The van der Waals surface area contributed by atoms with Gasteiger partial charge in [0.05, 0.1) is 11.5 Å². The first kappa shape index (κ1) is 28.1. The Morgan fingerprint density at radius 2 is 1.69 bits per heavy atom. The van der Waals surface area contributed by atoms with Gasteiger partial charge in [0.2, 0.25) is 0 Å². The van der Waals surface area contributed by atoms with Gasteiger partial charge in [0, 0.05) is 30.8 Å². The van der Waals surface area contributed by atoms with Crippen molar-refractivity contribution in [1.82, 2.24) is 9.80 Å². The molecule has 2 aromatic rings. The molecule has 3 aliphatic rings.